The van der Waals surface area contributed by atoms with Crippen LogP contribution in [-0.4, -0.2) is 47.3 Å². The van der Waals surface area contributed by atoms with E-state index in [1.807, 2.05) is 13.8 Å². The molecule has 1 N–H and O–H groups in total. The van der Waals surface area contributed by atoms with Crippen LogP contribution in [0.4, 0.5) is 0 Å². The minimum atomic E-state index is -0.887. The maximum absolute atomic E-state index is 11.6. The second-order valence-corrected chi connectivity index (χ2v) is 4.74. The first kappa shape index (κ1) is 13.5. The lowest BCUT2D eigenvalue weighted by Gasteiger charge is -2.22. The predicted molar refractivity (Wildman–Crippen MR) is 62.1 cm³/mol. The highest BCUT2D eigenvalue weighted by molar-refractivity contribution is 5.80. The van der Waals surface area contributed by atoms with E-state index in [4.69, 9.17) is 4.74 Å². The fourth-order valence-electron chi connectivity index (χ4n) is 2.07. The van der Waals surface area contributed by atoms with Crippen molar-refractivity contribution in [2.75, 3.05) is 13.1 Å². The first-order chi connectivity index (χ1) is 7.50. The van der Waals surface area contributed by atoms with E-state index >= 15 is 0 Å². The van der Waals surface area contributed by atoms with Crippen molar-refractivity contribution in [1.82, 2.24) is 4.90 Å². The highest BCUT2D eigenvalue weighted by atomic mass is 16.5. The van der Waals surface area contributed by atoms with E-state index in [0.717, 1.165) is 25.8 Å². The summed E-state index contributed by atoms with van der Waals surface area (Å²) in [5.74, 6) is -0.162. The molecule has 1 rings (SSSR count). The van der Waals surface area contributed by atoms with Gasteiger partial charge in [-0.1, -0.05) is 0 Å². The standard InChI is InChI=1S/C12H23NO3/c1-9(2)16-11-5-4-7-13(8-6-11)12(15)10(3)14/h9-11,14H,4-8H2,1-3H3/t10-,11?/m0/s1. The van der Waals surface area contributed by atoms with Crippen molar-refractivity contribution in [1.29, 1.82) is 0 Å². The van der Waals surface area contributed by atoms with Gasteiger partial charge in [0.05, 0.1) is 12.2 Å². The minimum Gasteiger partial charge on any atom is -0.384 e. The van der Waals surface area contributed by atoms with Gasteiger partial charge in [0.2, 0.25) is 0 Å². The quantitative estimate of drug-likeness (QED) is 0.790. The van der Waals surface area contributed by atoms with Gasteiger partial charge in [-0.15, -0.1) is 0 Å². The molecule has 1 heterocycles. The fourth-order valence-corrected chi connectivity index (χ4v) is 2.07. The fraction of sp³-hybridized carbons (Fsp3) is 0.917. The molecule has 94 valence electrons. The molecule has 0 aromatic carbocycles. The number of likely N-dealkylation sites (tertiary alicyclic amines) is 1. The van der Waals surface area contributed by atoms with E-state index in [-0.39, 0.29) is 18.1 Å². The summed E-state index contributed by atoms with van der Waals surface area (Å²) in [6.45, 7) is 7.02. The van der Waals surface area contributed by atoms with Gasteiger partial charge in [-0.25, -0.2) is 0 Å². The van der Waals surface area contributed by atoms with Crippen LogP contribution in [0.25, 0.3) is 0 Å². The average molecular weight is 229 g/mol. The Hall–Kier alpha value is -0.610. The third kappa shape index (κ3) is 4.10. The largest absolute Gasteiger partial charge is 0.384 e. The van der Waals surface area contributed by atoms with E-state index in [9.17, 15) is 9.90 Å². The second kappa shape index (κ2) is 6.21. The van der Waals surface area contributed by atoms with Gasteiger partial charge in [-0.3, -0.25) is 4.79 Å². The van der Waals surface area contributed by atoms with Gasteiger partial charge in [-0.05, 0) is 40.0 Å². The van der Waals surface area contributed by atoms with Crippen LogP contribution in [0.3, 0.4) is 0 Å². The zero-order chi connectivity index (χ0) is 12.1. The summed E-state index contributed by atoms with van der Waals surface area (Å²) in [6.07, 6.45) is 2.44. The lowest BCUT2D eigenvalue weighted by molar-refractivity contribution is -0.139. The normalized spacial score (nSPS) is 24.3. The number of ether oxygens (including phenoxy) is 1. The van der Waals surface area contributed by atoms with Gasteiger partial charge in [-0.2, -0.15) is 0 Å². The van der Waals surface area contributed by atoms with E-state index in [1.54, 1.807) is 4.90 Å². The maximum Gasteiger partial charge on any atom is 0.251 e. The molecule has 0 aromatic rings. The molecular formula is C12H23NO3. The van der Waals surface area contributed by atoms with E-state index in [0.29, 0.717) is 6.54 Å². The molecular weight excluding hydrogens is 206 g/mol. The Morgan fingerprint density at radius 1 is 1.31 bits per heavy atom. The Morgan fingerprint density at radius 2 is 2.00 bits per heavy atom. The zero-order valence-electron chi connectivity index (χ0n) is 10.5. The number of hydrogen-bond acceptors (Lipinski definition) is 3. The number of amides is 1. The van der Waals surface area contributed by atoms with Gasteiger partial charge < -0.3 is 14.7 Å². The number of rotatable bonds is 3. The molecule has 1 unspecified atom stereocenters. The molecule has 2 atom stereocenters. The molecule has 0 aromatic heterocycles. The van der Waals surface area contributed by atoms with Crippen LogP contribution in [0, 0.1) is 0 Å². The number of aliphatic hydroxyl groups is 1. The first-order valence-electron chi connectivity index (χ1n) is 6.13. The molecule has 4 nitrogen and oxygen atoms in total. The Kier molecular flexibility index (Phi) is 5.22. The molecule has 16 heavy (non-hydrogen) atoms. The summed E-state index contributed by atoms with van der Waals surface area (Å²) in [7, 11) is 0. The van der Waals surface area contributed by atoms with Crippen molar-refractivity contribution < 1.29 is 14.6 Å². The van der Waals surface area contributed by atoms with Crippen LogP contribution in [-0.2, 0) is 9.53 Å². The van der Waals surface area contributed by atoms with Crippen LogP contribution in [0.15, 0.2) is 0 Å². The Balaban J connectivity index is 2.43. The molecule has 1 amide bonds. The summed E-state index contributed by atoms with van der Waals surface area (Å²) in [4.78, 5) is 13.4. The van der Waals surface area contributed by atoms with Crippen LogP contribution in [0.5, 0.6) is 0 Å². The third-order valence-corrected chi connectivity index (χ3v) is 2.81. The molecule has 0 saturated carbocycles. The summed E-state index contributed by atoms with van der Waals surface area (Å²) in [5.41, 5.74) is 0. The Bertz CT molecular complexity index is 228. The SMILES string of the molecule is CC(C)OC1CCCN(C(=O)[C@H](C)O)CC1. The number of aliphatic hydroxyl groups excluding tert-OH is 1. The zero-order valence-corrected chi connectivity index (χ0v) is 10.5. The van der Waals surface area contributed by atoms with Crippen molar-refractivity contribution in [3.05, 3.63) is 0 Å². The number of carbonyl (C=O) groups excluding carboxylic acids is 1. The average Bonchev–Trinajstić information content (AvgIpc) is 2.41. The molecule has 1 fully saturated rings. The molecule has 0 spiro atoms. The van der Waals surface area contributed by atoms with Gasteiger partial charge in [0, 0.05) is 13.1 Å². The highest BCUT2D eigenvalue weighted by Gasteiger charge is 2.23. The topological polar surface area (TPSA) is 49.8 Å². The van der Waals surface area contributed by atoms with E-state index in [1.165, 1.54) is 6.92 Å². The molecule has 1 aliphatic heterocycles. The van der Waals surface area contributed by atoms with Crippen LogP contribution < -0.4 is 0 Å². The van der Waals surface area contributed by atoms with Crippen molar-refractivity contribution >= 4 is 5.91 Å². The Labute approximate surface area is 97.6 Å². The molecule has 0 aliphatic carbocycles. The van der Waals surface area contributed by atoms with Gasteiger partial charge in [0.25, 0.3) is 5.91 Å². The number of hydrogen-bond donors (Lipinski definition) is 1. The predicted octanol–water partition coefficient (Wildman–Crippen LogP) is 1.17. The van der Waals surface area contributed by atoms with Gasteiger partial charge in [0.1, 0.15) is 6.10 Å². The monoisotopic (exact) mass is 229 g/mol. The second-order valence-electron chi connectivity index (χ2n) is 4.74. The summed E-state index contributed by atoms with van der Waals surface area (Å²) >= 11 is 0. The summed E-state index contributed by atoms with van der Waals surface area (Å²) in [5, 5.41) is 9.25. The molecule has 0 radical (unpaired) electrons. The van der Waals surface area contributed by atoms with Crippen LogP contribution >= 0.6 is 0 Å². The Morgan fingerprint density at radius 3 is 2.56 bits per heavy atom. The molecule has 4 heteroatoms. The van der Waals surface area contributed by atoms with Crippen molar-refractivity contribution in [2.24, 2.45) is 0 Å². The third-order valence-electron chi connectivity index (χ3n) is 2.81. The van der Waals surface area contributed by atoms with Crippen molar-refractivity contribution in [2.45, 2.75) is 58.3 Å². The number of carbonyl (C=O) groups is 1. The molecule has 1 saturated heterocycles. The summed E-state index contributed by atoms with van der Waals surface area (Å²) < 4.78 is 5.76. The minimum absolute atomic E-state index is 0.162. The smallest absolute Gasteiger partial charge is 0.251 e. The molecule has 0 bridgehead atoms. The van der Waals surface area contributed by atoms with E-state index in [2.05, 4.69) is 0 Å². The van der Waals surface area contributed by atoms with Gasteiger partial charge in [0.15, 0.2) is 0 Å². The first-order valence-corrected chi connectivity index (χ1v) is 6.13. The summed E-state index contributed by atoms with van der Waals surface area (Å²) in [6, 6.07) is 0. The lowest BCUT2D eigenvalue weighted by Crippen LogP contribution is -2.38. The molecule has 1 aliphatic rings. The maximum atomic E-state index is 11.6. The van der Waals surface area contributed by atoms with Crippen LogP contribution in [0.1, 0.15) is 40.0 Å². The lowest BCUT2D eigenvalue weighted by atomic mass is 10.1. The van der Waals surface area contributed by atoms with E-state index < -0.39 is 6.10 Å². The van der Waals surface area contributed by atoms with Crippen molar-refractivity contribution in [3.8, 4) is 0 Å². The van der Waals surface area contributed by atoms with Crippen molar-refractivity contribution in [3.63, 3.8) is 0 Å². The van der Waals surface area contributed by atoms with Crippen LogP contribution in [0.2, 0.25) is 0 Å². The number of nitrogens with zero attached hydrogens (tertiary/aromatic N) is 1. The van der Waals surface area contributed by atoms with Gasteiger partial charge >= 0.3 is 0 Å². The highest BCUT2D eigenvalue weighted by Crippen LogP contribution is 2.16.